The summed E-state index contributed by atoms with van der Waals surface area (Å²) in [5, 5.41) is 8.04. The van der Waals surface area contributed by atoms with Crippen LogP contribution >= 0.6 is 0 Å². The molecule has 94 valence electrons. The molecule has 5 nitrogen and oxygen atoms in total. The average molecular weight is 237 g/mol. The zero-order valence-corrected chi connectivity index (χ0v) is 10.5. The minimum Gasteiger partial charge on any atom is -0.476 e. The first kappa shape index (κ1) is 11.0. The fourth-order valence-electron chi connectivity index (χ4n) is 2.68. The minimum atomic E-state index is 0.0870. The summed E-state index contributed by atoms with van der Waals surface area (Å²) in [6, 6.07) is 0. The highest BCUT2D eigenvalue weighted by atomic mass is 16.5. The summed E-state index contributed by atoms with van der Waals surface area (Å²) in [5.74, 6) is 0.915. The number of fused-ring (bicyclic) bond motifs is 1. The van der Waals surface area contributed by atoms with E-state index in [1.165, 1.54) is 5.56 Å². The predicted octanol–water partition coefficient (Wildman–Crippen LogP) is 0.760. The van der Waals surface area contributed by atoms with E-state index < -0.39 is 0 Å². The molecule has 17 heavy (non-hydrogen) atoms. The lowest BCUT2D eigenvalue weighted by Gasteiger charge is -2.36. The Labute approximate surface area is 101 Å². The molecule has 1 aromatic heterocycles. The van der Waals surface area contributed by atoms with Gasteiger partial charge in [0.15, 0.2) is 0 Å². The van der Waals surface area contributed by atoms with Gasteiger partial charge in [0.2, 0.25) is 5.88 Å². The Morgan fingerprint density at radius 3 is 2.88 bits per heavy atom. The zero-order chi connectivity index (χ0) is 11.9. The molecule has 2 aliphatic heterocycles. The van der Waals surface area contributed by atoms with Gasteiger partial charge in [0.25, 0.3) is 0 Å². The van der Waals surface area contributed by atoms with Crippen LogP contribution in [0, 0.1) is 6.92 Å². The van der Waals surface area contributed by atoms with Gasteiger partial charge >= 0.3 is 0 Å². The molecule has 1 aromatic rings. The van der Waals surface area contributed by atoms with Crippen LogP contribution < -0.4 is 10.1 Å². The Morgan fingerprint density at radius 1 is 1.35 bits per heavy atom. The van der Waals surface area contributed by atoms with E-state index in [4.69, 9.17) is 9.47 Å². The highest BCUT2D eigenvalue weighted by molar-refractivity contribution is 5.32. The van der Waals surface area contributed by atoms with Gasteiger partial charge in [-0.2, -0.15) is 5.10 Å². The topological polar surface area (TPSA) is 48.3 Å². The van der Waals surface area contributed by atoms with Crippen molar-refractivity contribution in [2.45, 2.75) is 31.8 Å². The van der Waals surface area contributed by atoms with Crippen LogP contribution in [0.3, 0.4) is 0 Å². The summed E-state index contributed by atoms with van der Waals surface area (Å²) in [6.07, 6.45) is 2.04. The molecule has 1 fully saturated rings. The molecule has 1 saturated heterocycles. The van der Waals surface area contributed by atoms with Gasteiger partial charge in [0, 0.05) is 26.8 Å². The van der Waals surface area contributed by atoms with Crippen molar-refractivity contribution >= 4 is 0 Å². The molecule has 0 bridgehead atoms. The van der Waals surface area contributed by atoms with Crippen molar-refractivity contribution in [1.29, 1.82) is 0 Å². The van der Waals surface area contributed by atoms with Gasteiger partial charge < -0.3 is 14.8 Å². The van der Waals surface area contributed by atoms with E-state index in [1.807, 2.05) is 18.7 Å². The monoisotopic (exact) mass is 237 g/mol. The van der Waals surface area contributed by atoms with Crippen molar-refractivity contribution in [2.75, 3.05) is 19.8 Å². The number of aryl methyl sites for hydroxylation is 2. The maximum atomic E-state index is 5.98. The summed E-state index contributed by atoms with van der Waals surface area (Å²) >= 11 is 0. The summed E-state index contributed by atoms with van der Waals surface area (Å²) in [7, 11) is 1.94. The van der Waals surface area contributed by atoms with Gasteiger partial charge in [-0.1, -0.05) is 0 Å². The summed E-state index contributed by atoms with van der Waals surface area (Å²) in [4.78, 5) is 0. The fraction of sp³-hybridized carbons (Fsp3) is 0.750. The lowest BCUT2D eigenvalue weighted by atomic mass is 9.91. The molecule has 1 spiro atoms. The normalized spacial score (nSPS) is 22.9. The molecule has 0 aliphatic carbocycles. The third kappa shape index (κ3) is 1.83. The van der Waals surface area contributed by atoms with Crippen molar-refractivity contribution in [1.82, 2.24) is 15.1 Å². The number of nitrogens with one attached hydrogen (secondary N) is 1. The van der Waals surface area contributed by atoms with Gasteiger partial charge in [-0.25, -0.2) is 4.68 Å². The molecule has 3 rings (SSSR count). The van der Waals surface area contributed by atoms with E-state index in [2.05, 4.69) is 10.4 Å². The Hall–Kier alpha value is -1.07. The minimum absolute atomic E-state index is 0.0870. The van der Waals surface area contributed by atoms with Crippen LogP contribution in [0.15, 0.2) is 0 Å². The van der Waals surface area contributed by atoms with Crippen molar-refractivity contribution in [3.8, 4) is 5.88 Å². The lowest BCUT2D eigenvalue weighted by molar-refractivity contribution is 0.0186. The number of aromatic nitrogens is 2. The maximum Gasteiger partial charge on any atom is 0.216 e. The first-order valence-corrected chi connectivity index (χ1v) is 6.18. The molecule has 0 saturated carbocycles. The Morgan fingerprint density at radius 2 is 2.12 bits per heavy atom. The van der Waals surface area contributed by atoms with Gasteiger partial charge in [-0.05, 0) is 19.8 Å². The van der Waals surface area contributed by atoms with E-state index in [0.29, 0.717) is 6.61 Å². The summed E-state index contributed by atoms with van der Waals surface area (Å²) in [6.45, 7) is 5.23. The van der Waals surface area contributed by atoms with Crippen LogP contribution in [-0.2, 0) is 18.3 Å². The molecule has 2 aliphatic rings. The highest BCUT2D eigenvalue weighted by Crippen LogP contribution is 2.30. The summed E-state index contributed by atoms with van der Waals surface area (Å²) < 4.78 is 13.2. The van der Waals surface area contributed by atoms with Gasteiger partial charge in [0.1, 0.15) is 6.61 Å². The fourth-order valence-corrected chi connectivity index (χ4v) is 2.68. The van der Waals surface area contributed by atoms with Crippen LogP contribution in [0.5, 0.6) is 5.88 Å². The van der Waals surface area contributed by atoms with Crippen molar-refractivity contribution in [2.24, 2.45) is 7.05 Å². The number of rotatable bonds is 0. The number of ether oxygens (including phenoxy) is 2. The number of hydrogen-bond donors (Lipinski definition) is 1. The second-order valence-electron chi connectivity index (χ2n) is 5.03. The van der Waals surface area contributed by atoms with Gasteiger partial charge in [-0.15, -0.1) is 0 Å². The van der Waals surface area contributed by atoms with Crippen LogP contribution in [0.1, 0.15) is 24.1 Å². The Balaban J connectivity index is 1.85. The zero-order valence-electron chi connectivity index (χ0n) is 10.5. The van der Waals surface area contributed by atoms with Crippen LogP contribution in [-0.4, -0.2) is 35.1 Å². The van der Waals surface area contributed by atoms with Crippen LogP contribution in [0.25, 0.3) is 0 Å². The van der Waals surface area contributed by atoms with Crippen molar-refractivity contribution < 1.29 is 9.47 Å². The summed E-state index contributed by atoms with van der Waals surface area (Å²) in [5.41, 5.74) is 2.33. The Bertz CT molecular complexity index is 391. The molecule has 0 unspecified atom stereocenters. The molecule has 0 radical (unpaired) electrons. The largest absolute Gasteiger partial charge is 0.476 e. The standard InChI is InChI=1S/C12H19N3O2/c1-9-10-7-13-12(3-5-16-6-4-12)8-17-11(10)15(2)14-9/h13H,3-8H2,1-2H3. The molecule has 3 heterocycles. The van der Waals surface area contributed by atoms with E-state index in [1.54, 1.807) is 0 Å². The molecule has 0 aromatic carbocycles. The van der Waals surface area contributed by atoms with Gasteiger partial charge in [0.05, 0.1) is 16.8 Å². The second-order valence-corrected chi connectivity index (χ2v) is 5.03. The third-order valence-corrected chi connectivity index (χ3v) is 3.86. The first-order valence-electron chi connectivity index (χ1n) is 6.18. The Kier molecular flexibility index (Phi) is 2.60. The van der Waals surface area contributed by atoms with Crippen molar-refractivity contribution in [3.63, 3.8) is 0 Å². The van der Waals surface area contributed by atoms with E-state index in [0.717, 1.165) is 44.2 Å². The molecule has 0 amide bonds. The van der Waals surface area contributed by atoms with Gasteiger partial charge in [-0.3, -0.25) is 0 Å². The SMILES string of the molecule is Cc1nn(C)c2c1CNC1(CCOCC1)CO2. The second kappa shape index (κ2) is 3.99. The lowest BCUT2D eigenvalue weighted by Crippen LogP contribution is -2.52. The first-order chi connectivity index (χ1) is 8.20. The predicted molar refractivity (Wildman–Crippen MR) is 63.1 cm³/mol. The molecular formula is C12H19N3O2. The molecular weight excluding hydrogens is 218 g/mol. The molecule has 0 atom stereocenters. The quantitative estimate of drug-likeness (QED) is 0.723. The third-order valence-electron chi connectivity index (χ3n) is 3.86. The average Bonchev–Trinajstić information content (AvgIpc) is 2.49. The number of nitrogens with zero attached hydrogens (tertiary/aromatic N) is 2. The van der Waals surface area contributed by atoms with Crippen LogP contribution in [0.2, 0.25) is 0 Å². The van der Waals surface area contributed by atoms with Crippen molar-refractivity contribution in [3.05, 3.63) is 11.3 Å². The van der Waals surface area contributed by atoms with E-state index in [9.17, 15) is 0 Å². The van der Waals surface area contributed by atoms with E-state index in [-0.39, 0.29) is 5.54 Å². The maximum absolute atomic E-state index is 5.98. The highest BCUT2D eigenvalue weighted by Gasteiger charge is 2.36. The number of hydrogen-bond acceptors (Lipinski definition) is 4. The van der Waals surface area contributed by atoms with E-state index >= 15 is 0 Å². The molecule has 5 heteroatoms. The molecule has 1 N–H and O–H groups in total. The smallest absolute Gasteiger partial charge is 0.216 e. The van der Waals surface area contributed by atoms with Crippen LogP contribution in [0.4, 0.5) is 0 Å².